The number of pyridine rings is 1. The molecule has 1 atom stereocenters. The lowest BCUT2D eigenvalue weighted by molar-refractivity contribution is -0.123. The normalized spacial score (nSPS) is 16.7. The number of benzene rings is 2. The van der Waals surface area contributed by atoms with Gasteiger partial charge in [-0.3, -0.25) is 14.7 Å². The molecule has 7 nitrogen and oxygen atoms in total. The van der Waals surface area contributed by atoms with Gasteiger partial charge < -0.3 is 0 Å². The predicted octanol–water partition coefficient (Wildman–Crippen LogP) is 5.25. The Morgan fingerprint density at radius 2 is 1.84 bits per heavy atom. The van der Waals surface area contributed by atoms with Crippen LogP contribution >= 0.6 is 11.3 Å². The minimum absolute atomic E-state index is 0.123. The van der Waals surface area contributed by atoms with Gasteiger partial charge in [0.1, 0.15) is 0 Å². The molecule has 0 aliphatic carbocycles. The minimum atomic E-state index is -3.69. The third-order valence-corrected chi connectivity index (χ3v) is 9.85. The first-order chi connectivity index (χ1) is 17.7. The molecular weight excluding hydrogens is 504 g/mol. The highest BCUT2D eigenvalue weighted by Crippen LogP contribution is 2.34. The molecule has 0 radical (unpaired) electrons. The van der Waals surface area contributed by atoms with Crippen LogP contribution < -0.4 is 4.90 Å². The maximum atomic E-state index is 14.0. The van der Waals surface area contributed by atoms with E-state index in [2.05, 4.69) is 24.9 Å². The van der Waals surface area contributed by atoms with Crippen molar-refractivity contribution in [3.8, 4) is 0 Å². The Kier molecular flexibility index (Phi) is 7.11. The van der Waals surface area contributed by atoms with E-state index < -0.39 is 15.9 Å². The van der Waals surface area contributed by atoms with Crippen LogP contribution in [0.25, 0.3) is 10.2 Å². The zero-order valence-electron chi connectivity index (χ0n) is 21.2. The molecule has 0 saturated carbocycles. The fourth-order valence-corrected chi connectivity index (χ4v) is 7.19. The maximum Gasteiger partial charge on any atom is 0.243 e. The van der Waals surface area contributed by atoms with Crippen molar-refractivity contribution in [1.82, 2.24) is 14.3 Å². The van der Waals surface area contributed by atoms with E-state index in [1.54, 1.807) is 35.4 Å². The summed E-state index contributed by atoms with van der Waals surface area (Å²) in [6.45, 7) is 6.87. The van der Waals surface area contributed by atoms with Crippen LogP contribution in [0.3, 0.4) is 0 Å². The van der Waals surface area contributed by atoms with Gasteiger partial charge in [-0.25, -0.2) is 13.4 Å². The Labute approximate surface area is 221 Å². The van der Waals surface area contributed by atoms with E-state index in [1.165, 1.54) is 21.2 Å². The van der Waals surface area contributed by atoms with Gasteiger partial charge in [-0.15, -0.1) is 0 Å². The number of hydrogen-bond acceptors (Lipinski definition) is 6. The summed E-state index contributed by atoms with van der Waals surface area (Å²) in [5.74, 6) is -0.588. The van der Waals surface area contributed by atoms with Crippen molar-refractivity contribution in [1.29, 1.82) is 0 Å². The number of aromatic nitrogens is 2. The molecule has 1 unspecified atom stereocenters. The first-order valence-corrected chi connectivity index (χ1v) is 14.6. The lowest BCUT2D eigenvalue weighted by Crippen LogP contribution is -2.46. The van der Waals surface area contributed by atoms with Gasteiger partial charge in [-0.1, -0.05) is 35.1 Å². The fourth-order valence-electron chi connectivity index (χ4n) is 4.62. The number of aryl methyl sites for hydroxylation is 3. The first kappa shape index (κ1) is 25.5. The van der Waals surface area contributed by atoms with Gasteiger partial charge in [0.15, 0.2) is 5.13 Å². The first-order valence-electron chi connectivity index (χ1n) is 12.4. The summed E-state index contributed by atoms with van der Waals surface area (Å²) in [5, 5.41) is 0.606. The molecule has 2 aromatic carbocycles. The monoisotopic (exact) mass is 534 g/mol. The number of sulfonamides is 1. The van der Waals surface area contributed by atoms with Gasteiger partial charge in [0.25, 0.3) is 0 Å². The van der Waals surface area contributed by atoms with E-state index in [4.69, 9.17) is 4.98 Å². The number of hydrogen-bond donors (Lipinski definition) is 0. The number of carbonyl (C=O) groups excluding carboxylic acids is 1. The zero-order valence-corrected chi connectivity index (χ0v) is 22.8. The molecule has 1 aliphatic heterocycles. The third kappa shape index (κ3) is 5.30. The number of nitrogens with zero attached hydrogens (tertiary/aromatic N) is 4. The molecule has 1 saturated heterocycles. The molecule has 1 aliphatic rings. The second-order valence-electron chi connectivity index (χ2n) is 9.66. The largest absolute Gasteiger partial charge is 0.282 e. The summed E-state index contributed by atoms with van der Waals surface area (Å²) in [7, 11) is -3.69. The van der Waals surface area contributed by atoms with E-state index in [0.29, 0.717) is 24.5 Å². The number of carbonyl (C=O) groups is 1. The van der Waals surface area contributed by atoms with Crippen LogP contribution in [0.15, 0.2) is 65.7 Å². The highest BCUT2D eigenvalue weighted by molar-refractivity contribution is 7.89. The number of fused-ring (bicyclic) bond motifs is 1. The number of piperidine rings is 1. The zero-order chi connectivity index (χ0) is 26.2. The Balaban J connectivity index is 1.46. The van der Waals surface area contributed by atoms with Gasteiger partial charge >= 0.3 is 0 Å². The van der Waals surface area contributed by atoms with Crippen LogP contribution in [0.5, 0.6) is 0 Å². The Morgan fingerprint density at radius 3 is 2.57 bits per heavy atom. The van der Waals surface area contributed by atoms with Crippen LogP contribution in [0, 0.1) is 26.7 Å². The van der Waals surface area contributed by atoms with Gasteiger partial charge in [0.2, 0.25) is 15.9 Å². The molecule has 0 N–H and O–H groups in total. The Morgan fingerprint density at radius 1 is 1.08 bits per heavy atom. The standard InChI is InChI=1S/C28H30N4O3S2/c1-19-9-11-24(12-10-19)37(34,35)31-14-6-7-22(17-31)27(33)32(18-23-8-4-5-13-29-23)28-30-25-15-20(2)21(3)16-26(25)36-28/h4-5,8-13,15-16,22H,6-7,14,17-18H2,1-3H3. The number of rotatable bonds is 6. The van der Waals surface area contributed by atoms with Crippen molar-refractivity contribution in [3.63, 3.8) is 0 Å². The fraction of sp³-hybridized carbons (Fsp3) is 0.321. The van der Waals surface area contributed by atoms with Crippen molar-refractivity contribution in [3.05, 3.63) is 83.2 Å². The summed E-state index contributed by atoms with van der Waals surface area (Å²) in [6.07, 6.45) is 2.96. The van der Waals surface area contributed by atoms with Crippen molar-refractivity contribution in [2.24, 2.45) is 5.92 Å². The maximum absolute atomic E-state index is 14.0. The van der Waals surface area contributed by atoms with Gasteiger partial charge in [-0.2, -0.15) is 4.31 Å². The smallest absolute Gasteiger partial charge is 0.243 e. The van der Waals surface area contributed by atoms with Crippen molar-refractivity contribution in [2.75, 3.05) is 18.0 Å². The molecule has 1 fully saturated rings. The number of anilines is 1. The lowest BCUT2D eigenvalue weighted by Gasteiger charge is -2.33. The molecule has 4 aromatic rings. The van der Waals surface area contributed by atoms with Crippen LogP contribution in [0.1, 0.15) is 35.2 Å². The van der Waals surface area contributed by atoms with Gasteiger partial charge in [0.05, 0.1) is 33.3 Å². The summed E-state index contributed by atoms with van der Waals surface area (Å²) in [5.41, 5.74) is 4.93. The third-order valence-electron chi connectivity index (χ3n) is 6.93. The van der Waals surface area contributed by atoms with Crippen LogP contribution in [-0.4, -0.2) is 41.7 Å². The van der Waals surface area contributed by atoms with E-state index in [9.17, 15) is 13.2 Å². The van der Waals surface area contributed by atoms with Gasteiger partial charge in [-0.05, 0) is 81.1 Å². The highest BCUT2D eigenvalue weighted by Gasteiger charge is 2.36. The molecule has 0 spiro atoms. The molecule has 3 heterocycles. The topological polar surface area (TPSA) is 83.5 Å². The second kappa shape index (κ2) is 10.3. The predicted molar refractivity (Wildman–Crippen MR) is 147 cm³/mol. The summed E-state index contributed by atoms with van der Waals surface area (Å²) in [6, 6.07) is 16.6. The van der Waals surface area contributed by atoms with Crippen molar-refractivity contribution >= 4 is 42.6 Å². The molecular formula is C28H30N4O3S2. The summed E-state index contributed by atoms with van der Waals surface area (Å²) in [4.78, 5) is 25.2. The van der Waals surface area contributed by atoms with Crippen LogP contribution in [-0.2, 0) is 21.4 Å². The van der Waals surface area contributed by atoms with E-state index >= 15 is 0 Å². The quantitative estimate of drug-likeness (QED) is 0.337. The van der Waals surface area contributed by atoms with E-state index in [0.717, 1.165) is 27.0 Å². The highest BCUT2D eigenvalue weighted by atomic mass is 32.2. The van der Waals surface area contributed by atoms with E-state index in [1.807, 2.05) is 31.2 Å². The molecule has 2 aromatic heterocycles. The summed E-state index contributed by atoms with van der Waals surface area (Å²) < 4.78 is 29.2. The van der Waals surface area contributed by atoms with Crippen molar-refractivity contribution in [2.45, 2.75) is 45.1 Å². The number of amides is 1. The molecule has 9 heteroatoms. The average molecular weight is 535 g/mol. The van der Waals surface area contributed by atoms with Crippen LogP contribution in [0.4, 0.5) is 5.13 Å². The lowest BCUT2D eigenvalue weighted by atomic mass is 9.98. The van der Waals surface area contributed by atoms with Crippen molar-refractivity contribution < 1.29 is 13.2 Å². The Bertz CT molecular complexity index is 1490. The summed E-state index contributed by atoms with van der Waals surface area (Å²) >= 11 is 1.48. The minimum Gasteiger partial charge on any atom is -0.282 e. The van der Waals surface area contributed by atoms with E-state index in [-0.39, 0.29) is 23.9 Å². The molecule has 192 valence electrons. The second-order valence-corrected chi connectivity index (χ2v) is 12.6. The molecule has 1 amide bonds. The SMILES string of the molecule is Cc1ccc(S(=O)(=O)N2CCCC(C(=O)N(Cc3ccccn3)c3nc4cc(C)c(C)cc4s3)C2)cc1. The molecule has 37 heavy (non-hydrogen) atoms. The van der Waals surface area contributed by atoms with Gasteiger partial charge in [0, 0.05) is 19.3 Å². The Hall–Kier alpha value is -3.14. The number of thiazole rings is 1. The van der Waals surface area contributed by atoms with Crippen LogP contribution in [0.2, 0.25) is 0 Å². The average Bonchev–Trinajstić information content (AvgIpc) is 3.30. The molecule has 0 bridgehead atoms. The molecule has 5 rings (SSSR count).